The topological polar surface area (TPSA) is 87.1 Å². The summed E-state index contributed by atoms with van der Waals surface area (Å²) >= 11 is 0. The Morgan fingerprint density at radius 1 is 1.33 bits per heavy atom. The molecule has 12 heavy (non-hydrogen) atoms. The van der Waals surface area contributed by atoms with Gasteiger partial charge in [0.1, 0.15) is 0 Å². The molecule has 0 aliphatic rings. The second-order valence-electron chi connectivity index (χ2n) is 1.88. The Morgan fingerprint density at radius 2 is 2.25 bits per heavy atom. The number of hydrogen-bond donors (Lipinski definition) is 0. The summed E-state index contributed by atoms with van der Waals surface area (Å²) in [6, 6.07) is 0. The fourth-order valence-corrected chi connectivity index (χ4v) is 0.726. The lowest BCUT2D eigenvalue weighted by Crippen LogP contribution is -1.87. The summed E-state index contributed by atoms with van der Waals surface area (Å²) in [5, 5.41) is 10.5. The second-order valence-corrected chi connectivity index (χ2v) is 1.88. The highest BCUT2D eigenvalue weighted by Crippen LogP contribution is 2.21. The van der Waals surface area contributed by atoms with Gasteiger partial charge in [0.25, 0.3) is 5.88 Å². The molecule has 0 aliphatic heterocycles. The van der Waals surface area contributed by atoms with E-state index in [-0.39, 0.29) is 11.7 Å². The van der Waals surface area contributed by atoms with Gasteiger partial charge in [0.05, 0.1) is 7.11 Å². The summed E-state index contributed by atoms with van der Waals surface area (Å²) in [4.78, 5) is 3.75. The monoisotopic (exact) mass is 168 g/mol. The van der Waals surface area contributed by atoms with Crippen LogP contribution in [0.15, 0.2) is 15.5 Å². The molecule has 0 aliphatic carbocycles. The molecule has 0 unspecified atom stereocenters. The summed E-state index contributed by atoms with van der Waals surface area (Å²) in [6.45, 7) is 0. The third-order valence-electron chi connectivity index (χ3n) is 1.22. The molecule has 62 valence electrons. The summed E-state index contributed by atoms with van der Waals surface area (Å²) in [7, 11) is 1.45. The summed E-state index contributed by atoms with van der Waals surface area (Å²) in [6.07, 6.45) is 1.18. The normalized spacial score (nSPS) is 10.1. The molecule has 0 spiro atoms. The highest BCUT2D eigenvalue weighted by Gasteiger charge is 2.16. The standard InChI is InChI=1S/C5H4N4O3/c1-10-5-3(7-12-9-5)4-6-2-11-8-4/h2H,1H3. The van der Waals surface area contributed by atoms with Crippen LogP contribution in [0.3, 0.4) is 0 Å². The number of rotatable bonds is 2. The van der Waals surface area contributed by atoms with Gasteiger partial charge in [-0.15, -0.1) is 0 Å². The van der Waals surface area contributed by atoms with E-state index in [9.17, 15) is 0 Å². The van der Waals surface area contributed by atoms with Gasteiger partial charge >= 0.3 is 0 Å². The third kappa shape index (κ3) is 0.911. The SMILES string of the molecule is COc1nonc1-c1ncon1. The molecular weight excluding hydrogens is 164 g/mol. The molecule has 0 saturated heterocycles. The highest BCUT2D eigenvalue weighted by molar-refractivity contribution is 5.53. The number of methoxy groups -OCH3 is 1. The molecule has 0 fully saturated rings. The number of nitrogens with zero attached hydrogens (tertiary/aromatic N) is 4. The highest BCUT2D eigenvalue weighted by atomic mass is 16.6. The molecule has 0 radical (unpaired) electrons. The maximum atomic E-state index is 4.82. The average molecular weight is 168 g/mol. The minimum atomic E-state index is 0.233. The van der Waals surface area contributed by atoms with Crippen LogP contribution < -0.4 is 4.74 Å². The largest absolute Gasteiger partial charge is 0.477 e. The average Bonchev–Trinajstić information content (AvgIpc) is 2.74. The lowest BCUT2D eigenvalue weighted by molar-refractivity contribution is 0.281. The van der Waals surface area contributed by atoms with Gasteiger partial charge in [0.2, 0.25) is 17.9 Å². The van der Waals surface area contributed by atoms with Gasteiger partial charge in [0, 0.05) is 0 Å². The molecule has 7 nitrogen and oxygen atoms in total. The van der Waals surface area contributed by atoms with Gasteiger partial charge in [0.15, 0.2) is 0 Å². The van der Waals surface area contributed by atoms with Crippen molar-refractivity contribution in [3.8, 4) is 17.4 Å². The minimum Gasteiger partial charge on any atom is -0.477 e. The quantitative estimate of drug-likeness (QED) is 0.629. The Labute approximate surface area is 66.3 Å². The van der Waals surface area contributed by atoms with Gasteiger partial charge in [-0.3, -0.25) is 0 Å². The summed E-state index contributed by atoms with van der Waals surface area (Å²) in [5.74, 6) is 0.518. The first-order chi connectivity index (χ1) is 5.92. The fourth-order valence-electron chi connectivity index (χ4n) is 0.726. The van der Waals surface area contributed by atoms with E-state index >= 15 is 0 Å². The number of ether oxygens (including phenoxy) is 1. The zero-order valence-corrected chi connectivity index (χ0v) is 6.09. The van der Waals surface area contributed by atoms with Gasteiger partial charge in [-0.05, 0) is 10.3 Å². The van der Waals surface area contributed by atoms with Crippen LogP contribution in [-0.4, -0.2) is 27.6 Å². The predicted molar refractivity (Wildman–Crippen MR) is 34.1 cm³/mol. The zero-order chi connectivity index (χ0) is 8.39. The Morgan fingerprint density at radius 3 is 2.92 bits per heavy atom. The second kappa shape index (κ2) is 2.61. The van der Waals surface area contributed by atoms with E-state index in [1.165, 1.54) is 13.5 Å². The van der Waals surface area contributed by atoms with Crippen LogP contribution in [0.2, 0.25) is 0 Å². The maximum Gasteiger partial charge on any atom is 0.287 e. The van der Waals surface area contributed by atoms with E-state index in [1.54, 1.807) is 0 Å². The van der Waals surface area contributed by atoms with Crippen molar-refractivity contribution in [1.29, 1.82) is 0 Å². The van der Waals surface area contributed by atoms with Crippen molar-refractivity contribution in [3.05, 3.63) is 6.39 Å². The van der Waals surface area contributed by atoms with Gasteiger partial charge < -0.3 is 9.26 Å². The van der Waals surface area contributed by atoms with E-state index in [0.717, 1.165) is 0 Å². The molecule has 0 N–H and O–H groups in total. The van der Waals surface area contributed by atoms with E-state index in [0.29, 0.717) is 5.69 Å². The summed E-state index contributed by atoms with van der Waals surface area (Å²) in [5.41, 5.74) is 0.325. The van der Waals surface area contributed by atoms with Crippen molar-refractivity contribution < 1.29 is 13.9 Å². The molecule has 2 aromatic rings. The Kier molecular flexibility index (Phi) is 1.47. The molecule has 0 aromatic carbocycles. The first kappa shape index (κ1) is 6.77. The summed E-state index contributed by atoms with van der Waals surface area (Å²) < 4.78 is 13.7. The molecule has 2 rings (SSSR count). The molecule has 0 atom stereocenters. The molecule has 0 amide bonds. The van der Waals surface area contributed by atoms with Crippen LogP contribution in [0.25, 0.3) is 11.5 Å². The van der Waals surface area contributed by atoms with Crippen molar-refractivity contribution in [2.45, 2.75) is 0 Å². The Bertz CT molecular complexity index is 354. The van der Waals surface area contributed by atoms with Gasteiger partial charge in [-0.2, -0.15) is 4.98 Å². The first-order valence-corrected chi connectivity index (χ1v) is 3.05. The first-order valence-electron chi connectivity index (χ1n) is 3.05. The third-order valence-corrected chi connectivity index (χ3v) is 1.22. The van der Waals surface area contributed by atoms with Crippen molar-refractivity contribution in [1.82, 2.24) is 20.5 Å². The van der Waals surface area contributed by atoms with Crippen LogP contribution in [0.4, 0.5) is 0 Å². The minimum absolute atomic E-state index is 0.233. The van der Waals surface area contributed by atoms with Crippen molar-refractivity contribution in [3.63, 3.8) is 0 Å². The maximum absolute atomic E-state index is 4.82. The van der Waals surface area contributed by atoms with Crippen molar-refractivity contribution >= 4 is 0 Å². The van der Waals surface area contributed by atoms with Crippen molar-refractivity contribution in [2.75, 3.05) is 7.11 Å². The fraction of sp³-hybridized carbons (Fsp3) is 0.200. The van der Waals surface area contributed by atoms with E-state index in [4.69, 9.17) is 4.74 Å². The molecule has 2 heterocycles. The number of hydrogen-bond acceptors (Lipinski definition) is 7. The molecule has 2 aromatic heterocycles. The van der Waals surface area contributed by atoms with Crippen LogP contribution in [0, 0.1) is 0 Å². The molecular formula is C5H4N4O3. The smallest absolute Gasteiger partial charge is 0.287 e. The van der Waals surface area contributed by atoms with Crippen LogP contribution in [0.5, 0.6) is 5.88 Å². The lowest BCUT2D eigenvalue weighted by Gasteiger charge is -1.89. The van der Waals surface area contributed by atoms with Crippen molar-refractivity contribution in [2.24, 2.45) is 0 Å². The van der Waals surface area contributed by atoms with Gasteiger partial charge in [-0.1, -0.05) is 5.16 Å². The number of aromatic nitrogens is 4. The molecule has 7 heteroatoms. The van der Waals surface area contributed by atoms with Crippen LogP contribution in [-0.2, 0) is 0 Å². The lowest BCUT2D eigenvalue weighted by atomic mass is 10.4. The Hall–Kier alpha value is -1.92. The van der Waals surface area contributed by atoms with Crippen LogP contribution in [0.1, 0.15) is 0 Å². The Balaban J connectivity index is 2.46. The zero-order valence-electron chi connectivity index (χ0n) is 6.09. The molecule has 0 saturated carbocycles. The van der Waals surface area contributed by atoms with Gasteiger partial charge in [-0.25, -0.2) is 4.63 Å². The van der Waals surface area contributed by atoms with E-state index < -0.39 is 0 Å². The van der Waals surface area contributed by atoms with E-state index in [2.05, 4.69) is 29.6 Å². The van der Waals surface area contributed by atoms with Crippen LogP contribution >= 0.6 is 0 Å². The predicted octanol–water partition coefficient (Wildman–Crippen LogP) is 0.128. The van der Waals surface area contributed by atoms with E-state index in [1.807, 2.05) is 0 Å². The molecule has 0 bridgehead atoms.